The molecule has 16 heavy (non-hydrogen) atoms. The summed E-state index contributed by atoms with van der Waals surface area (Å²) in [6, 6.07) is 0. The summed E-state index contributed by atoms with van der Waals surface area (Å²) in [6.45, 7) is 0. The normalized spacial score (nSPS) is 35.3. The monoisotopic (exact) mass is 258 g/mol. The van der Waals surface area contributed by atoms with Gasteiger partial charge < -0.3 is 0 Å². The third-order valence-corrected chi connectivity index (χ3v) is 4.58. The van der Waals surface area contributed by atoms with Crippen LogP contribution in [0.15, 0.2) is 0 Å². The van der Waals surface area contributed by atoms with Crippen molar-refractivity contribution >= 4 is 10.1 Å². The van der Waals surface area contributed by atoms with Crippen molar-refractivity contribution in [2.75, 3.05) is 0 Å². The molecule has 3 aliphatic carbocycles. The topological polar surface area (TPSA) is 43.4 Å². The van der Waals surface area contributed by atoms with Crippen LogP contribution in [0.1, 0.15) is 32.1 Å². The van der Waals surface area contributed by atoms with Gasteiger partial charge in [-0.2, -0.15) is 21.6 Å². The van der Waals surface area contributed by atoms with Crippen molar-refractivity contribution in [3.05, 3.63) is 0 Å². The first kappa shape index (κ1) is 12.2. The zero-order valence-electron chi connectivity index (χ0n) is 8.53. The molecule has 7 heteroatoms. The Balaban J connectivity index is 2.06. The van der Waals surface area contributed by atoms with E-state index in [4.69, 9.17) is 0 Å². The van der Waals surface area contributed by atoms with Gasteiger partial charge >= 0.3 is 15.6 Å². The average molecular weight is 258 g/mol. The second-order valence-corrected chi connectivity index (χ2v) is 6.11. The molecule has 0 radical (unpaired) electrons. The summed E-state index contributed by atoms with van der Waals surface area (Å²) < 4.78 is 62.4. The number of fused-ring (bicyclic) bond motifs is 3. The lowest BCUT2D eigenvalue weighted by atomic mass is 9.69. The van der Waals surface area contributed by atoms with E-state index in [2.05, 4.69) is 4.18 Å². The van der Waals surface area contributed by atoms with Crippen molar-refractivity contribution in [2.45, 2.75) is 43.7 Å². The summed E-state index contributed by atoms with van der Waals surface area (Å²) in [5.41, 5.74) is -5.30. The highest BCUT2D eigenvalue weighted by atomic mass is 32.2. The van der Waals surface area contributed by atoms with Crippen molar-refractivity contribution in [3.8, 4) is 0 Å². The molecular weight excluding hydrogens is 245 g/mol. The highest BCUT2D eigenvalue weighted by Gasteiger charge is 2.50. The van der Waals surface area contributed by atoms with Gasteiger partial charge in [-0.1, -0.05) is 0 Å². The van der Waals surface area contributed by atoms with Crippen LogP contribution in [-0.2, 0) is 14.3 Å². The fourth-order valence-corrected chi connectivity index (χ4v) is 3.32. The van der Waals surface area contributed by atoms with Crippen LogP contribution >= 0.6 is 0 Å². The van der Waals surface area contributed by atoms with Crippen LogP contribution in [0, 0.1) is 11.8 Å². The molecule has 0 aromatic rings. The molecule has 0 spiro atoms. The van der Waals surface area contributed by atoms with Gasteiger partial charge in [-0.05, 0) is 43.9 Å². The van der Waals surface area contributed by atoms with Gasteiger partial charge in [0, 0.05) is 0 Å². The molecule has 3 saturated carbocycles. The number of alkyl halides is 3. The molecule has 0 aromatic carbocycles. The fourth-order valence-electron chi connectivity index (χ4n) is 2.65. The Bertz CT molecular complexity index is 355. The maximum absolute atomic E-state index is 12.1. The first-order chi connectivity index (χ1) is 7.29. The van der Waals surface area contributed by atoms with Crippen LogP contribution in [0.4, 0.5) is 13.2 Å². The maximum atomic E-state index is 12.1. The van der Waals surface area contributed by atoms with Crippen molar-refractivity contribution in [2.24, 2.45) is 11.8 Å². The van der Waals surface area contributed by atoms with Gasteiger partial charge in [0.1, 0.15) is 0 Å². The van der Waals surface area contributed by atoms with Crippen molar-refractivity contribution in [1.29, 1.82) is 0 Å². The van der Waals surface area contributed by atoms with Crippen LogP contribution in [0.3, 0.4) is 0 Å². The summed E-state index contributed by atoms with van der Waals surface area (Å²) in [4.78, 5) is 0. The molecule has 0 aromatic heterocycles. The molecule has 0 saturated heterocycles. The quantitative estimate of drug-likeness (QED) is 0.564. The molecule has 1 unspecified atom stereocenters. The van der Waals surface area contributed by atoms with E-state index in [9.17, 15) is 21.6 Å². The second-order valence-electron chi connectivity index (χ2n) is 4.55. The van der Waals surface area contributed by atoms with E-state index in [0.29, 0.717) is 12.3 Å². The Kier molecular flexibility index (Phi) is 2.94. The molecular formula is C9H13F3O3S. The molecule has 0 amide bonds. The maximum Gasteiger partial charge on any atom is 0.523 e. The Morgan fingerprint density at radius 1 is 1.06 bits per heavy atom. The van der Waals surface area contributed by atoms with Crippen LogP contribution in [0.2, 0.25) is 0 Å². The van der Waals surface area contributed by atoms with Crippen molar-refractivity contribution in [3.63, 3.8) is 0 Å². The van der Waals surface area contributed by atoms with Gasteiger partial charge in [-0.25, -0.2) is 0 Å². The molecule has 2 bridgehead atoms. The van der Waals surface area contributed by atoms with Crippen LogP contribution in [-0.4, -0.2) is 20.0 Å². The SMILES string of the molecule is O=S(=O)(OC1CC2CCC1CC2)C(F)(F)F. The summed E-state index contributed by atoms with van der Waals surface area (Å²) in [5, 5.41) is 0. The molecule has 3 aliphatic rings. The first-order valence-corrected chi connectivity index (χ1v) is 6.70. The third kappa shape index (κ3) is 2.20. The summed E-state index contributed by atoms with van der Waals surface area (Å²) in [5.74, 6) is 0.306. The lowest BCUT2D eigenvalue weighted by molar-refractivity contribution is -0.0664. The standard InChI is InChI=1S/C9H13F3O3S/c10-9(11,12)16(13,14)15-8-5-6-1-3-7(8)4-2-6/h6-8H,1-5H2. The minimum Gasteiger partial charge on any atom is -0.260 e. The molecule has 3 nitrogen and oxygen atoms in total. The highest BCUT2D eigenvalue weighted by Crippen LogP contribution is 2.44. The summed E-state index contributed by atoms with van der Waals surface area (Å²) in [6.07, 6.45) is 3.21. The van der Waals surface area contributed by atoms with Crippen LogP contribution in [0.25, 0.3) is 0 Å². The van der Waals surface area contributed by atoms with Gasteiger partial charge in [-0.3, -0.25) is 4.18 Å². The van der Waals surface area contributed by atoms with Crippen molar-refractivity contribution < 1.29 is 25.8 Å². The summed E-state index contributed by atoms with van der Waals surface area (Å²) in [7, 11) is -5.42. The molecule has 0 N–H and O–H groups in total. The lowest BCUT2D eigenvalue weighted by Crippen LogP contribution is -2.40. The van der Waals surface area contributed by atoms with Crippen molar-refractivity contribution in [1.82, 2.24) is 0 Å². The van der Waals surface area contributed by atoms with Gasteiger partial charge in [-0.15, -0.1) is 0 Å². The minimum absolute atomic E-state index is 0.0258. The van der Waals surface area contributed by atoms with Gasteiger partial charge in [0.25, 0.3) is 0 Å². The molecule has 0 aliphatic heterocycles. The van der Waals surface area contributed by atoms with E-state index < -0.39 is 21.7 Å². The largest absolute Gasteiger partial charge is 0.523 e. The van der Waals surface area contributed by atoms with E-state index in [1.165, 1.54) is 0 Å². The summed E-state index contributed by atoms with van der Waals surface area (Å²) >= 11 is 0. The number of halogens is 3. The predicted molar refractivity (Wildman–Crippen MR) is 49.9 cm³/mol. The van der Waals surface area contributed by atoms with Gasteiger partial charge in [0.15, 0.2) is 0 Å². The van der Waals surface area contributed by atoms with Crippen LogP contribution < -0.4 is 0 Å². The number of hydrogen-bond donors (Lipinski definition) is 0. The Morgan fingerprint density at radius 3 is 2.00 bits per heavy atom. The van der Waals surface area contributed by atoms with E-state index in [0.717, 1.165) is 25.7 Å². The smallest absolute Gasteiger partial charge is 0.260 e. The number of hydrogen-bond acceptors (Lipinski definition) is 3. The minimum atomic E-state index is -5.42. The lowest BCUT2D eigenvalue weighted by Gasteiger charge is -2.41. The molecule has 1 atom stereocenters. The van der Waals surface area contributed by atoms with E-state index in [-0.39, 0.29) is 5.92 Å². The van der Waals surface area contributed by atoms with Gasteiger partial charge in [0.2, 0.25) is 0 Å². The van der Waals surface area contributed by atoms with E-state index >= 15 is 0 Å². The molecule has 94 valence electrons. The fraction of sp³-hybridized carbons (Fsp3) is 1.00. The van der Waals surface area contributed by atoms with E-state index in [1.807, 2.05) is 0 Å². The van der Waals surface area contributed by atoms with Crippen LogP contribution in [0.5, 0.6) is 0 Å². The highest BCUT2D eigenvalue weighted by molar-refractivity contribution is 7.87. The first-order valence-electron chi connectivity index (χ1n) is 5.29. The molecule has 3 fully saturated rings. The third-order valence-electron chi connectivity index (χ3n) is 3.52. The molecule has 0 heterocycles. The average Bonchev–Trinajstić information content (AvgIpc) is 2.17. The zero-order chi connectivity index (χ0) is 12.0. The Labute approximate surface area is 92.1 Å². The Morgan fingerprint density at radius 2 is 1.62 bits per heavy atom. The number of rotatable bonds is 2. The van der Waals surface area contributed by atoms with E-state index in [1.54, 1.807) is 0 Å². The zero-order valence-corrected chi connectivity index (χ0v) is 9.35. The van der Waals surface area contributed by atoms with Gasteiger partial charge in [0.05, 0.1) is 6.10 Å². The Hall–Kier alpha value is -0.300. The second kappa shape index (κ2) is 3.87. The predicted octanol–water partition coefficient (Wildman–Crippen LogP) is 2.43. The molecule has 3 rings (SSSR count).